The number of carbonyl (C=O) groups is 1. The molecule has 1 unspecified atom stereocenters. The number of benzene rings is 2. The fourth-order valence-electron chi connectivity index (χ4n) is 2.83. The van der Waals surface area contributed by atoms with Crippen molar-refractivity contribution in [1.82, 2.24) is 4.90 Å². The van der Waals surface area contributed by atoms with Crippen molar-refractivity contribution in [3.8, 4) is 0 Å². The molecule has 1 atom stereocenters. The number of rotatable bonds is 3. The largest absolute Gasteiger partial charge is 0.310 e. The van der Waals surface area contributed by atoms with Crippen molar-refractivity contribution < 1.29 is 13.6 Å². The Morgan fingerprint density at radius 3 is 2.13 bits per heavy atom. The molecule has 3 rings (SSSR count). The van der Waals surface area contributed by atoms with Gasteiger partial charge in [0, 0.05) is 25.3 Å². The Morgan fingerprint density at radius 2 is 1.52 bits per heavy atom. The van der Waals surface area contributed by atoms with Gasteiger partial charge in [0.2, 0.25) is 5.91 Å². The second kappa shape index (κ2) is 6.46. The van der Waals surface area contributed by atoms with Gasteiger partial charge in [-0.05, 0) is 48.9 Å². The first kappa shape index (κ1) is 15.6. The Hall–Kier alpha value is -2.27. The second-order valence-electron chi connectivity index (χ2n) is 5.74. The van der Waals surface area contributed by atoms with Crippen LogP contribution in [0, 0.1) is 11.6 Å². The third kappa shape index (κ3) is 3.40. The normalized spacial score (nSPS) is 19.2. The van der Waals surface area contributed by atoms with Gasteiger partial charge in [-0.15, -0.1) is 0 Å². The molecule has 2 aromatic carbocycles. The van der Waals surface area contributed by atoms with Crippen molar-refractivity contribution in [3.63, 3.8) is 0 Å². The van der Waals surface area contributed by atoms with Crippen LogP contribution >= 0.6 is 0 Å². The van der Waals surface area contributed by atoms with Crippen LogP contribution < -0.4 is 4.90 Å². The van der Waals surface area contributed by atoms with Crippen molar-refractivity contribution in [2.75, 3.05) is 18.0 Å². The van der Waals surface area contributed by atoms with Gasteiger partial charge in [-0.25, -0.2) is 8.78 Å². The van der Waals surface area contributed by atoms with E-state index >= 15 is 0 Å². The number of hydrogen-bond donors (Lipinski definition) is 0. The molecule has 0 N–H and O–H groups in total. The molecular weight excluding hydrogens is 298 g/mol. The summed E-state index contributed by atoms with van der Waals surface area (Å²) in [6.07, 6.45) is 0. The van der Waals surface area contributed by atoms with Crippen molar-refractivity contribution in [1.29, 1.82) is 0 Å². The predicted octanol–water partition coefficient (Wildman–Crippen LogP) is 3.20. The van der Waals surface area contributed by atoms with E-state index < -0.39 is 0 Å². The van der Waals surface area contributed by atoms with Crippen LogP contribution in [0.25, 0.3) is 0 Å². The van der Waals surface area contributed by atoms with Gasteiger partial charge >= 0.3 is 0 Å². The highest BCUT2D eigenvalue weighted by molar-refractivity contribution is 5.97. The summed E-state index contributed by atoms with van der Waals surface area (Å²) in [6.45, 7) is 3.73. The lowest BCUT2D eigenvalue weighted by Gasteiger charge is -2.39. The summed E-state index contributed by atoms with van der Waals surface area (Å²) in [7, 11) is 0. The van der Waals surface area contributed by atoms with Gasteiger partial charge in [0.1, 0.15) is 11.6 Å². The van der Waals surface area contributed by atoms with E-state index in [1.54, 1.807) is 29.2 Å². The Morgan fingerprint density at radius 1 is 0.957 bits per heavy atom. The fourth-order valence-corrected chi connectivity index (χ4v) is 2.83. The molecule has 1 aliphatic rings. The van der Waals surface area contributed by atoms with E-state index in [4.69, 9.17) is 0 Å². The molecule has 2 aromatic rings. The fraction of sp³-hybridized carbons (Fsp3) is 0.278. The molecule has 1 aliphatic heterocycles. The summed E-state index contributed by atoms with van der Waals surface area (Å²) in [5, 5.41) is 0. The Bertz CT molecular complexity index is 685. The highest BCUT2D eigenvalue weighted by Crippen LogP contribution is 2.22. The number of piperazine rings is 1. The Kier molecular flexibility index (Phi) is 4.39. The number of carbonyl (C=O) groups excluding carboxylic acids is 1. The third-order valence-electron chi connectivity index (χ3n) is 4.22. The summed E-state index contributed by atoms with van der Waals surface area (Å²) in [5.74, 6) is -0.590. The minimum Gasteiger partial charge on any atom is -0.310 e. The summed E-state index contributed by atoms with van der Waals surface area (Å²) < 4.78 is 26.0. The molecule has 1 fully saturated rings. The van der Waals surface area contributed by atoms with Crippen LogP contribution in [0.15, 0.2) is 48.5 Å². The Labute approximate surface area is 134 Å². The summed E-state index contributed by atoms with van der Waals surface area (Å²) in [5.41, 5.74) is 1.69. The average molecular weight is 316 g/mol. The van der Waals surface area contributed by atoms with Crippen LogP contribution in [0.5, 0.6) is 0 Å². The first-order valence-corrected chi connectivity index (χ1v) is 7.60. The number of halogens is 2. The van der Waals surface area contributed by atoms with E-state index in [1.165, 1.54) is 24.3 Å². The first-order valence-electron chi connectivity index (χ1n) is 7.60. The van der Waals surface area contributed by atoms with E-state index in [9.17, 15) is 13.6 Å². The zero-order chi connectivity index (χ0) is 16.4. The maximum absolute atomic E-state index is 13.0. The molecular formula is C18H18F2N2O. The molecule has 120 valence electrons. The predicted molar refractivity (Wildman–Crippen MR) is 85.0 cm³/mol. The van der Waals surface area contributed by atoms with Crippen molar-refractivity contribution in [2.45, 2.75) is 19.5 Å². The van der Waals surface area contributed by atoms with Crippen LogP contribution in [0.1, 0.15) is 12.5 Å². The van der Waals surface area contributed by atoms with Gasteiger partial charge in [0.15, 0.2) is 0 Å². The highest BCUT2D eigenvalue weighted by atomic mass is 19.1. The number of anilines is 1. The monoisotopic (exact) mass is 316 g/mol. The number of nitrogens with zero attached hydrogens (tertiary/aromatic N) is 2. The van der Waals surface area contributed by atoms with Crippen LogP contribution in [0.3, 0.4) is 0 Å². The average Bonchev–Trinajstić information content (AvgIpc) is 2.55. The van der Waals surface area contributed by atoms with Crippen molar-refractivity contribution in [3.05, 3.63) is 65.7 Å². The lowest BCUT2D eigenvalue weighted by atomic mass is 10.1. The molecule has 0 bridgehead atoms. The molecule has 0 aromatic heterocycles. The number of amides is 1. The van der Waals surface area contributed by atoms with Crippen LogP contribution in [-0.2, 0) is 11.3 Å². The highest BCUT2D eigenvalue weighted by Gasteiger charge is 2.32. The van der Waals surface area contributed by atoms with E-state index in [-0.39, 0.29) is 23.6 Å². The van der Waals surface area contributed by atoms with Crippen molar-refractivity contribution in [2.24, 2.45) is 0 Å². The summed E-state index contributed by atoms with van der Waals surface area (Å²) >= 11 is 0. The molecule has 3 nitrogen and oxygen atoms in total. The maximum atomic E-state index is 13.0. The van der Waals surface area contributed by atoms with Crippen LogP contribution in [0.4, 0.5) is 14.5 Å². The zero-order valence-electron chi connectivity index (χ0n) is 12.9. The van der Waals surface area contributed by atoms with Gasteiger partial charge < -0.3 is 4.90 Å². The minimum absolute atomic E-state index is 0.00929. The molecule has 0 aliphatic carbocycles. The van der Waals surface area contributed by atoms with Gasteiger partial charge in [-0.1, -0.05) is 12.1 Å². The van der Waals surface area contributed by atoms with E-state index in [0.29, 0.717) is 25.3 Å². The molecule has 0 spiro atoms. The smallest absolute Gasteiger partial charge is 0.244 e. The van der Waals surface area contributed by atoms with E-state index in [2.05, 4.69) is 4.90 Å². The van der Waals surface area contributed by atoms with Gasteiger partial charge in [0.05, 0.1) is 6.04 Å². The minimum atomic E-state index is -0.316. The standard InChI is InChI=1S/C18H18F2N2O/c1-13-18(23)22(17-8-6-16(20)7-9-17)11-10-21(13)12-14-2-4-15(19)5-3-14/h2-9,13H,10-12H2,1H3. The molecule has 0 saturated carbocycles. The SMILES string of the molecule is CC1C(=O)N(c2ccc(F)cc2)CCN1Cc1ccc(F)cc1. The lowest BCUT2D eigenvalue weighted by molar-refractivity contribution is -0.125. The molecule has 1 heterocycles. The zero-order valence-corrected chi connectivity index (χ0v) is 12.9. The maximum Gasteiger partial charge on any atom is 0.244 e. The molecule has 0 radical (unpaired) electrons. The van der Waals surface area contributed by atoms with E-state index in [1.807, 2.05) is 6.92 Å². The van der Waals surface area contributed by atoms with Crippen molar-refractivity contribution >= 4 is 11.6 Å². The lowest BCUT2D eigenvalue weighted by Crippen LogP contribution is -2.55. The quantitative estimate of drug-likeness (QED) is 0.868. The van der Waals surface area contributed by atoms with Crippen LogP contribution in [0.2, 0.25) is 0 Å². The van der Waals surface area contributed by atoms with E-state index in [0.717, 1.165) is 5.56 Å². The molecule has 23 heavy (non-hydrogen) atoms. The first-order chi connectivity index (χ1) is 11.0. The van der Waals surface area contributed by atoms with Gasteiger partial charge in [0.25, 0.3) is 0 Å². The summed E-state index contributed by atoms with van der Waals surface area (Å²) in [4.78, 5) is 16.3. The topological polar surface area (TPSA) is 23.6 Å². The van der Waals surface area contributed by atoms with Gasteiger partial charge in [-0.2, -0.15) is 0 Å². The molecule has 1 amide bonds. The third-order valence-corrected chi connectivity index (χ3v) is 4.22. The summed E-state index contributed by atoms with van der Waals surface area (Å²) in [6, 6.07) is 12.0. The Balaban J connectivity index is 1.70. The molecule has 1 saturated heterocycles. The van der Waals surface area contributed by atoms with Crippen LogP contribution in [-0.4, -0.2) is 29.9 Å². The number of hydrogen-bond acceptors (Lipinski definition) is 2. The molecule has 5 heteroatoms. The second-order valence-corrected chi connectivity index (χ2v) is 5.74. The van der Waals surface area contributed by atoms with Gasteiger partial charge in [-0.3, -0.25) is 9.69 Å².